The van der Waals surface area contributed by atoms with Gasteiger partial charge < -0.3 is 13.9 Å². The molecule has 0 aliphatic carbocycles. The molecule has 0 N–H and O–H groups in total. The van der Waals surface area contributed by atoms with Crippen molar-refractivity contribution in [2.75, 3.05) is 4.90 Å². The number of hydrogen-bond acceptors (Lipinski definition) is 2. The molecule has 0 aliphatic rings. The van der Waals surface area contributed by atoms with Gasteiger partial charge in [-0.15, -0.1) is 0 Å². The predicted molar refractivity (Wildman–Crippen MR) is 274 cm³/mol. The third kappa shape index (κ3) is 5.90. The maximum Gasteiger partial charge on any atom is 0.143 e. The van der Waals surface area contributed by atoms with E-state index in [0.717, 1.165) is 72.5 Å². The minimum atomic E-state index is 0.881. The van der Waals surface area contributed by atoms with Crippen molar-refractivity contribution in [2.24, 2.45) is 0 Å². The molecule has 13 aromatic rings. The first-order valence-corrected chi connectivity index (χ1v) is 22.3. The zero-order chi connectivity index (χ0) is 42.8. The highest BCUT2D eigenvalue weighted by Gasteiger charge is 2.24. The van der Waals surface area contributed by atoms with Gasteiger partial charge in [0.05, 0.1) is 28.1 Å². The Balaban J connectivity index is 1.03. The smallest absolute Gasteiger partial charge is 0.143 e. The van der Waals surface area contributed by atoms with Gasteiger partial charge in [-0.2, -0.15) is 0 Å². The lowest BCUT2D eigenvalue weighted by Crippen LogP contribution is -2.12. The van der Waals surface area contributed by atoms with Crippen LogP contribution in [0.15, 0.2) is 247 Å². The number of hydrogen-bond donors (Lipinski definition) is 0. The summed E-state index contributed by atoms with van der Waals surface area (Å²) >= 11 is 0. The minimum absolute atomic E-state index is 0.881. The molecule has 0 saturated heterocycles. The van der Waals surface area contributed by atoms with Crippen molar-refractivity contribution < 1.29 is 4.42 Å². The van der Waals surface area contributed by atoms with Crippen LogP contribution in [0.4, 0.5) is 17.1 Å². The molecule has 0 aliphatic heterocycles. The minimum Gasteiger partial charge on any atom is -0.455 e. The highest BCUT2D eigenvalue weighted by molar-refractivity contribution is 6.16. The SMILES string of the molecule is c1ccc(N(c2ccc(-c3ccccc3-n3c4ccccc4c4ccccc43)cc2)c2ccccc2-c2cccc3c2oc2ccccc23)c(-c2cc3ccccc3c3ccccc23)c1. The summed E-state index contributed by atoms with van der Waals surface area (Å²) in [6.45, 7) is 0. The molecule has 3 nitrogen and oxygen atoms in total. The van der Waals surface area contributed by atoms with E-state index < -0.39 is 0 Å². The number of nitrogens with zero attached hydrogens (tertiary/aromatic N) is 2. The number of rotatable bonds is 7. The van der Waals surface area contributed by atoms with Gasteiger partial charge in [-0.1, -0.05) is 188 Å². The van der Waals surface area contributed by atoms with E-state index in [1.807, 2.05) is 6.07 Å². The van der Waals surface area contributed by atoms with Gasteiger partial charge in [-0.25, -0.2) is 0 Å². The summed E-state index contributed by atoms with van der Waals surface area (Å²) in [5.41, 5.74) is 15.2. The predicted octanol–water partition coefficient (Wildman–Crippen LogP) is 17.5. The molecule has 0 radical (unpaired) electrons. The molecule has 65 heavy (non-hydrogen) atoms. The summed E-state index contributed by atoms with van der Waals surface area (Å²) in [5.74, 6) is 0. The largest absolute Gasteiger partial charge is 0.455 e. The molecule has 0 saturated carbocycles. The Bertz CT molecular complexity index is 3910. The van der Waals surface area contributed by atoms with Crippen LogP contribution < -0.4 is 4.90 Å². The maximum absolute atomic E-state index is 6.71. The molecule has 0 spiro atoms. The van der Waals surface area contributed by atoms with Crippen LogP contribution in [0, 0.1) is 0 Å². The lowest BCUT2D eigenvalue weighted by atomic mass is 9.91. The summed E-state index contributed by atoms with van der Waals surface area (Å²) in [5, 5.41) is 9.64. The summed E-state index contributed by atoms with van der Waals surface area (Å²) < 4.78 is 9.12. The lowest BCUT2D eigenvalue weighted by molar-refractivity contribution is 0.670. The van der Waals surface area contributed by atoms with E-state index in [1.54, 1.807) is 0 Å². The van der Waals surface area contributed by atoms with Crippen molar-refractivity contribution >= 4 is 82.4 Å². The van der Waals surface area contributed by atoms with Crippen molar-refractivity contribution in [3.05, 3.63) is 243 Å². The Hall–Kier alpha value is -8.66. The number of aromatic nitrogens is 1. The van der Waals surface area contributed by atoms with Crippen molar-refractivity contribution in [1.29, 1.82) is 0 Å². The normalized spacial score (nSPS) is 11.7. The fraction of sp³-hybridized carbons (Fsp3) is 0. The zero-order valence-electron chi connectivity index (χ0n) is 35.4. The maximum atomic E-state index is 6.71. The van der Waals surface area contributed by atoms with Gasteiger partial charge in [0.25, 0.3) is 0 Å². The Morgan fingerprint density at radius 2 is 0.831 bits per heavy atom. The van der Waals surface area contributed by atoms with Gasteiger partial charge in [0.15, 0.2) is 0 Å². The average Bonchev–Trinajstić information content (AvgIpc) is 3.93. The van der Waals surface area contributed by atoms with Gasteiger partial charge in [0.2, 0.25) is 0 Å². The van der Waals surface area contributed by atoms with E-state index in [-0.39, 0.29) is 0 Å². The van der Waals surface area contributed by atoms with Gasteiger partial charge >= 0.3 is 0 Å². The Labute approximate surface area is 376 Å². The second-order valence-electron chi connectivity index (χ2n) is 16.8. The van der Waals surface area contributed by atoms with Crippen molar-refractivity contribution in [1.82, 2.24) is 4.57 Å². The first-order valence-electron chi connectivity index (χ1n) is 22.3. The summed E-state index contributed by atoms with van der Waals surface area (Å²) in [7, 11) is 0. The summed E-state index contributed by atoms with van der Waals surface area (Å²) in [6.07, 6.45) is 0. The second kappa shape index (κ2) is 15.0. The molecule has 304 valence electrons. The van der Waals surface area contributed by atoms with Crippen molar-refractivity contribution in [3.8, 4) is 39.1 Å². The average molecular weight is 829 g/mol. The molecule has 0 unspecified atom stereocenters. The molecule has 2 aromatic heterocycles. The van der Waals surface area contributed by atoms with Crippen LogP contribution >= 0.6 is 0 Å². The van der Waals surface area contributed by atoms with Crippen LogP contribution in [0.5, 0.6) is 0 Å². The zero-order valence-corrected chi connectivity index (χ0v) is 35.4. The molecular formula is C62H40N2O. The molecule has 0 fully saturated rings. The Morgan fingerprint density at radius 1 is 0.323 bits per heavy atom. The quantitative estimate of drug-likeness (QED) is 0.149. The van der Waals surface area contributed by atoms with Crippen LogP contribution in [-0.4, -0.2) is 4.57 Å². The van der Waals surface area contributed by atoms with Crippen LogP contribution in [-0.2, 0) is 0 Å². The number of furan rings is 1. The van der Waals surface area contributed by atoms with Crippen molar-refractivity contribution in [2.45, 2.75) is 0 Å². The first-order chi connectivity index (χ1) is 32.3. The van der Waals surface area contributed by atoms with Gasteiger partial charge in [-0.05, 0) is 87.3 Å². The molecule has 13 rings (SSSR count). The van der Waals surface area contributed by atoms with Crippen LogP contribution in [0.3, 0.4) is 0 Å². The van der Waals surface area contributed by atoms with E-state index in [4.69, 9.17) is 4.42 Å². The third-order valence-electron chi connectivity index (χ3n) is 13.2. The van der Waals surface area contributed by atoms with Gasteiger partial charge in [0.1, 0.15) is 11.2 Å². The summed E-state index contributed by atoms with van der Waals surface area (Å²) in [4.78, 5) is 2.44. The van der Waals surface area contributed by atoms with Gasteiger partial charge in [0, 0.05) is 49.5 Å². The molecular weight excluding hydrogens is 789 g/mol. The fourth-order valence-electron chi connectivity index (χ4n) is 10.3. The number of fused-ring (bicyclic) bond motifs is 9. The Morgan fingerprint density at radius 3 is 1.55 bits per heavy atom. The van der Waals surface area contributed by atoms with Crippen LogP contribution in [0.2, 0.25) is 0 Å². The van der Waals surface area contributed by atoms with Crippen molar-refractivity contribution in [3.63, 3.8) is 0 Å². The molecule has 11 aromatic carbocycles. The van der Waals surface area contributed by atoms with Crippen LogP contribution in [0.25, 0.3) is 104 Å². The van der Waals surface area contributed by atoms with E-state index in [2.05, 4.69) is 246 Å². The van der Waals surface area contributed by atoms with Gasteiger partial charge in [-0.3, -0.25) is 0 Å². The first kappa shape index (κ1) is 36.9. The van der Waals surface area contributed by atoms with E-state index >= 15 is 0 Å². The molecule has 0 bridgehead atoms. The molecule has 2 heterocycles. The highest BCUT2D eigenvalue weighted by Crippen LogP contribution is 2.49. The van der Waals surface area contributed by atoms with Crippen LogP contribution in [0.1, 0.15) is 0 Å². The highest BCUT2D eigenvalue weighted by atomic mass is 16.3. The molecule has 0 atom stereocenters. The molecule has 0 amide bonds. The van der Waals surface area contributed by atoms with E-state index in [0.29, 0.717) is 0 Å². The monoisotopic (exact) mass is 828 g/mol. The summed E-state index contributed by atoms with van der Waals surface area (Å²) in [6, 6.07) is 87.7. The third-order valence-corrected chi connectivity index (χ3v) is 13.2. The number of benzene rings is 11. The fourth-order valence-corrected chi connectivity index (χ4v) is 10.3. The lowest BCUT2D eigenvalue weighted by Gasteiger charge is -2.30. The number of anilines is 3. The van der Waals surface area contributed by atoms with E-state index in [9.17, 15) is 0 Å². The topological polar surface area (TPSA) is 21.3 Å². The second-order valence-corrected chi connectivity index (χ2v) is 16.8. The van der Waals surface area contributed by atoms with E-state index in [1.165, 1.54) is 48.9 Å². The molecule has 3 heteroatoms. The Kier molecular flexibility index (Phi) is 8.53. The standard InChI is InChI=1S/C62H40N2O/c1-2-19-44-42(18-1)40-55(47-22-4-3-21-46(44)47)51-26-9-13-32-58(51)63(57-31-12-8-25-50(57)53-28-17-29-54-52-27-10-16-35-61(52)65-62(53)54)43-38-36-41(37-39-43)45-20-5-11-30-56(45)64-59-33-14-6-23-48(59)49-24-7-15-34-60(49)64/h1-40H. The number of para-hydroxylation sites is 7.